The summed E-state index contributed by atoms with van der Waals surface area (Å²) in [7, 11) is 0. The van der Waals surface area contributed by atoms with Crippen molar-refractivity contribution < 1.29 is 4.42 Å². The summed E-state index contributed by atoms with van der Waals surface area (Å²) in [5, 5.41) is 3.44. The minimum atomic E-state index is 0.0860. The molecule has 1 aromatic heterocycles. The van der Waals surface area contributed by atoms with Gasteiger partial charge in [-0.1, -0.05) is 42.5 Å². The maximum absolute atomic E-state index is 5.49. The lowest BCUT2D eigenvalue weighted by Crippen LogP contribution is -2.23. The summed E-state index contributed by atoms with van der Waals surface area (Å²) in [5.74, 6) is 0.928. The minimum Gasteiger partial charge on any atom is -0.467 e. The van der Waals surface area contributed by atoms with Gasteiger partial charge in [0.2, 0.25) is 0 Å². The van der Waals surface area contributed by atoms with Gasteiger partial charge in [0.15, 0.2) is 0 Å². The molecule has 0 spiro atoms. The monoisotopic (exact) mass is 227 g/mol. The lowest BCUT2D eigenvalue weighted by molar-refractivity contribution is 0.454. The van der Waals surface area contributed by atoms with Crippen LogP contribution in [0.25, 0.3) is 0 Å². The van der Waals surface area contributed by atoms with Crippen molar-refractivity contribution in [2.75, 3.05) is 6.54 Å². The largest absolute Gasteiger partial charge is 0.467 e. The summed E-state index contributed by atoms with van der Waals surface area (Å²) >= 11 is 0. The van der Waals surface area contributed by atoms with Crippen molar-refractivity contribution in [3.63, 3.8) is 0 Å². The van der Waals surface area contributed by atoms with Gasteiger partial charge in [0.05, 0.1) is 12.3 Å². The molecule has 1 heterocycles. The van der Waals surface area contributed by atoms with Gasteiger partial charge in [0.1, 0.15) is 5.76 Å². The second-order valence-corrected chi connectivity index (χ2v) is 4.20. The van der Waals surface area contributed by atoms with E-state index in [-0.39, 0.29) is 6.04 Å². The molecule has 2 rings (SSSR count). The number of furan rings is 1. The van der Waals surface area contributed by atoms with Gasteiger partial charge in [0, 0.05) is 6.54 Å². The molecular formula is C15H17NO. The van der Waals surface area contributed by atoms with Crippen LogP contribution < -0.4 is 5.32 Å². The zero-order valence-corrected chi connectivity index (χ0v) is 10.0. The van der Waals surface area contributed by atoms with Crippen LogP contribution in [0.15, 0.2) is 65.3 Å². The second kappa shape index (κ2) is 5.51. The van der Waals surface area contributed by atoms with Crippen molar-refractivity contribution in [1.82, 2.24) is 5.32 Å². The smallest absolute Gasteiger partial charge is 0.125 e. The topological polar surface area (TPSA) is 25.2 Å². The molecule has 0 saturated carbocycles. The second-order valence-electron chi connectivity index (χ2n) is 4.20. The van der Waals surface area contributed by atoms with E-state index in [1.54, 1.807) is 6.26 Å². The predicted octanol–water partition coefficient (Wildman–Crippen LogP) is 3.53. The fourth-order valence-electron chi connectivity index (χ4n) is 1.76. The lowest BCUT2D eigenvalue weighted by Gasteiger charge is -2.17. The van der Waals surface area contributed by atoms with E-state index in [4.69, 9.17) is 4.42 Å². The Kier molecular flexibility index (Phi) is 3.78. The molecular weight excluding hydrogens is 210 g/mol. The quantitative estimate of drug-likeness (QED) is 0.790. The van der Waals surface area contributed by atoms with E-state index in [9.17, 15) is 0 Å². The predicted molar refractivity (Wildman–Crippen MR) is 69.8 cm³/mol. The van der Waals surface area contributed by atoms with Gasteiger partial charge in [-0.2, -0.15) is 0 Å². The molecule has 0 aliphatic rings. The molecule has 1 unspecified atom stereocenters. The van der Waals surface area contributed by atoms with Crippen LogP contribution in [0.5, 0.6) is 0 Å². The molecule has 0 saturated heterocycles. The van der Waals surface area contributed by atoms with Crippen LogP contribution in [0.4, 0.5) is 0 Å². The number of benzene rings is 1. The normalized spacial score (nSPS) is 12.3. The molecule has 17 heavy (non-hydrogen) atoms. The van der Waals surface area contributed by atoms with Crippen LogP contribution >= 0.6 is 0 Å². The first kappa shape index (κ1) is 11.7. The third-order valence-corrected chi connectivity index (χ3v) is 2.57. The Bertz CT molecular complexity index is 459. The van der Waals surface area contributed by atoms with Crippen molar-refractivity contribution in [1.29, 1.82) is 0 Å². The van der Waals surface area contributed by atoms with Gasteiger partial charge in [0.25, 0.3) is 0 Å². The minimum absolute atomic E-state index is 0.0860. The van der Waals surface area contributed by atoms with E-state index < -0.39 is 0 Å². The highest BCUT2D eigenvalue weighted by molar-refractivity contribution is 5.26. The van der Waals surface area contributed by atoms with Gasteiger partial charge in [-0.05, 0) is 24.6 Å². The Morgan fingerprint density at radius 3 is 2.59 bits per heavy atom. The maximum atomic E-state index is 5.49. The van der Waals surface area contributed by atoms with Crippen LogP contribution in [0.2, 0.25) is 0 Å². The summed E-state index contributed by atoms with van der Waals surface area (Å²) in [5.41, 5.74) is 2.31. The van der Waals surface area contributed by atoms with Gasteiger partial charge in [-0.3, -0.25) is 5.32 Å². The highest BCUT2D eigenvalue weighted by Gasteiger charge is 2.15. The van der Waals surface area contributed by atoms with Crippen LogP contribution in [0, 0.1) is 0 Å². The molecule has 0 bridgehead atoms. The van der Waals surface area contributed by atoms with E-state index in [1.807, 2.05) is 37.3 Å². The molecule has 0 amide bonds. The Morgan fingerprint density at radius 2 is 2.00 bits per heavy atom. The first-order valence-electron chi connectivity index (χ1n) is 5.73. The molecule has 1 aromatic carbocycles. The van der Waals surface area contributed by atoms with Gasteiger partial charge >= 0.3 is 0 Å². The molecule has 1 atom stereocenters. The number of nitrogens with one attached hydrogen (secondary N) is 1. The standard InChI is InChI=1S/C15H17NO/c1-12(2)11-16-15(14-9-6-10-17-14)13-7-4-3-5-8-13/h3-10,15-16H,1,11H2,2H3. The summed E-state index contributed by atoms with van der Waals surface area (Å²) in [6.45, 7) is 6.70. The van der Waals surface area contributed by atoms with Crippen molar-refractivity contribution in [3.05, 3.63) is 72.2 Å². The summed E-state index contributed by atoms with van der Waals surface area (Å²) in [6, 6.07) is 14.3. The van der Waals surface area contributed by atoms with E-state index >= 15 is 0 Å². The molecule has 2 nitrogen and oxygen atoms in total. The average Bonchev–Trinajstić information content (AvgIpc) is 2.84. The van der Waals surface area contributed by atoms with E-state index in [0.29, 0.717) is 0 Å². The van der Waals surface area contributed by atoms with E-state index in [1.165, 1.54) is 5.56 Å². The third kappa shape index (κ3) is 3.08. The SMILES string of the molecule is C=C(C)CNC(c1ccccc1)c1ccco1. The number of rotatable bonds is 5. The molecule has 88 valence electrons. The van der Waals surface area contributed by atoms with Crippen LogP contribution in [0.1, 0.15) is 24.3 Å². The number of hydrogen-bond donors (Lipinski definition) is 1. The highest BCUT2D eigenvalue weighted by Crippen LogP contribution is 2.22. The van der Waals surface area contributed by atoms with Gasteiger partial charge in [-0.15, -0.1) is 0 Å². The maximum Gasteiger partial charge on any atom is 0.125 e. The average molecular weight is 227 g/mol. The lowest BCUT2D eigenvalue weighted by atomic mass is 10.0. The highest BCUT2D eigenvalue weighted by atomic mass is 16.3. The molecule has 0 radical (unpaired) electrons. The van der Waals surface area contributed by atoms with E-state index in [2.05, 4.69) is 24.0 Å². The Labute approximate surface area is 102 Å². The zero-order valence-electron chi connectivity index (χ0n) is 10.0. The molecule has 0 fully saturated rings. The van der Waals surface area contributed by atoms with Crippen molar-refractivity contribution >= 4 is 0 Å². The Morgan fingerprint density at radius 1 is 1.24 bits per heavy atom. The first-order chi connectivity index (χ1) is 8.27. The van der Waals surface area contributed by atoms with Crippen LogP contribution in [-0.2, 0) is 0 Å². The van der Waals surface area contributed by atoms with Gasteiger partial charge in [-0.25, -0.2) is 0 Å². The van der Waals surface area contributed by atoms with Gasteiger partial charge < -0.3 is 4.42 Å². The van der Waals surface area contributed by atoms with E-state index in [0.717, 1.165) is 17.9 Å². The molecule has 0 aliphatic carbocycles. The number of hydrogen-bond acceptors (Lipinski definition) is 2. The summed E-state index contributed by atoms with van der Waals surface area (Å²) in [4.78, 5) is 0. The van der Waals surface area contributed by atoms with Crippen molar-refractivity contribution in [2.24, 2.45) is 0 Å². The Balaban J connectivity index is 2.22. The van der Waals surface area contributed by atoms with Crippen LogP contribution in [-0.4, -0.2) is 6.54 Å². The molecule has 1 N–H and O–H groups in total. The molecule has 2 heteroatoms. The fraction of sp³-hybridized carbons (Fsp3) is 0.200. The summed E-state index contributed by atoms with van der Waals surface area (Å²) in [6.07, 6.45) is 1.70. The van der Waals surface area contributed by atoms with Crippen LogP contribution in [0.3, 0.4) is 0 Å². The molecule has 2 aromatic rings. The van der Waals surface area contributed by atoms with Crippen molar-refractivity contribution in [3.8, 4) is 0 Å². The van der Waals surface area contributed by atoms with Crippen molar-refractivity contribution in [2.45, 2.75) is 13.0 Å². The summed E-state index contributed by atoms with van der Waals surface area (Å²) < 4.78 is 5.49. The first-order valence-corrected chi connectivity index (χ1v) is 5.73. The third-order valence-electron chi connectivity index (χ3n) is 2.57. The zero-order chi connectivity index (χ0) is 12.1. The molecule has 0 aliphatic heterocycles. The fourth-order valence-corrected chi connectivity index (χ4v) is 1.76. The Hall–Kier alpha value is -1.80.